The molecule has 0 aliphatic rings. The van der Waals surface area contributed by atoms with Crippen molar-refractivity contribution in [1.29, 1.82) is 0 Å². The zero-order valence-corrected chi connectivity index (χ0v) is 7.70. The van der Waals surface area contributed by atoms with Crippen LogP contribution in [-0.4, -0.2) is 21.8 Å². The van der Waals surface area contributed by atoms with Crippen LogP contribution >= 0.6 is 0 Å². The van der Waals surface area contributed by atoms with Gasteiger partial charge in [-0.15, -0.1) is 10.2 Å². The minimum absolute atomic E-state index is 0.0235. The van der Waals surface area contributed by atoms with Crippen molar-refractivity contribution in [2.24, 2.45) is 12.8 Å². The first-order valence-electron chi connectivity index (χ1n) is 4.03. The molecule has 0 aromatic carbocycles. The van der Waals surface area contributed by atoms with Gasteiger partial charge in [0.2, 0.25) is 5.95 Å². The molecule has 1 rings (SSSR count). The average Bonchev–Trinajstić information content (AvgIpc) is 2.45. The van der Waals surface area contributed by atoms with E-state index >= 15 is 0 Å². The standard InChI is InChI=1S/C7H15N5/c1-4-5(8)6-10-11-7(9-2)12(6)3/h5H,4,8H2,1-3H3,(H,9,11)/t5-/m1/s1. The summed E-state index contributed by atoms with van der Waals surface area (Å²) in [7, 11) is 3.71. The zero-order chi connectivity index (χ0) is 9.14. The van der Waals surface area contributed by atoms with Crippen molar-refractivity contribution in [2.45, 2.75) is 19.4 Å². The van der Waals surface area contributed by atoms with Crippen LogP contribution in [0.25, 0.3) is 0 Å². The largest absolute Gasteiger partial charge is 0.357 e. The Morgan fingerprint density at radius 3 is 2.67 bits per heavy atom. The Morgan fingerprint density at radius 2 is 2.25 bits per heavy atom. The van der Waals surface area contributed by atoms with E-state index in [0.29, 0.717) is 0 Å². The molecule has 0 saturated carbocycles. The molecule has 0 spiro atoms. The van der Waals surface area contributed by atoms with Gasteiger partial charge in [-0.05, 0) is 6.42 Å². The molecule has 0 amide bonds. The molecule has 0 bridgehead atoms. The smallest absolute Gasteiger partial charge is 0.224 e. The van der Waals surface area contributed by atoms with Crippen LogP contribution in [0.2, 0.25) is 0 Å². The van der Waals surface area contributed by atoms with Crippen molar-refractivity contribution in [3.05, 3.63) is 5.82 Å². The lowest BCUT2D eigenvalue weighted by Gasteiger charge is -2.07. The van der Waals surface area contributed by atoms with Crippen molar-refractivity contribution in [2.75, 3.05) is 12.4 Å². The minimum atomic E-state index is -0.0235. The van der Waals surface area contributed by atoms with E-state index in [4.69, 9.17) is 5.73 Å². The van der Waals surface area contributed by atoms with Crippen LogP contribution in [0.4, 0.5) is 5.95 Å². The van der Waals surface area contributed by atoms with Gasteiger partial charge in [-0.2, -0.15) is 0 Å². The molecule has 1 atom stereocenters. The molecule has 3 N–H and O–H groups in total. The van der Waals surface area contributed by atoms with E-state index in [1.807, 2.05) is 25.6 Å². The van der Waals surface area contributed by atoms with E-state index in [0.717, 1.165) is 18.2 Å². The van der Waals surface area contributed by atoms with Crippen molar-refractivity contribution in [3.8, 4) is 0 Å². The molecule has 12 heavy (non-hydrogen) atoms. The van der Waals surface area contributed by atoms with Crippen LogP contribution in [0.15, 0.2) is 0 Å². The summed E-state index contributed by atoms with van der Waals surface area (Å²) >= 11 is 0. The summed E-state index contributed by atoms with van der Waals surface area (Å²) in [5.74, 6) is 1.57. The summed E-state index contributed by atoms with van der Waals surface area (Å²) in [6, 6.07) is -0.0235. The third kappa shape index (κ3) is 1.40. The highest BCUT2D eigenvalue weighted by molar-refractivity contribution is 5.24. The van der Waals surface area contributed by atoms with Gasteiger partial charge in [-0.25, -0.2) is 0 Å². The first kappa shape index (κ1) is 8.99. The highest BCUT2D eigenvalue weighted by atomic mass is 15.3. The van der Waals surface area contributed by atoms with Gasteiger partial charge in [0.25, 0.3) is 0 Å². The highest BCUT2D eigenvalue weighted by Gasteiger charge is 2.12. The Bertz CT molecular complexity index is 254. The fourth-order valence-corrected chi connectivity index (χ4v) is 1.06. The SMILES string of the molecule is CC[C@@H](N)c1nnc(NC)n1C. The van der Waals surface area contributed by atoms with Crippen LogP contribution in [0.5, 0.6) is 0 Å². The van der Waals surface area contributed by atoms with E-state index in [1.54, 1.807) is 0 Å². The predicted molar refractivity (Wildman–Crippen MR) is 47.8 cm³/mol. The van der Waals surface area contributed by atoms with Crippen LogP contribution in [0.1, 0.15) is 25.2 Å². The van der Waals surface area contributed by atoms with Gasteiger partial charge in [0.05, 0.1) is 6.04 Å². The van der Waals surface area contributed by atoms with Crippen molar-refractivity contribution in [1.82, 2.24) is 14.8 Å². The molecule has 5 heteroatoms. The zero-order valence-electron chi connectivity index (χ0n) is 7.70. The fraction of sp³-hybridized carbons (Fsp3) is 0.714. The second-order valence-corrected chi connectivity index (χ2v) is 2.71. The molecule has 0 fully saturated rings. The number of hydrogen-bond donors (Lipinski definition) is 2. The van der Waals surface area contributed by atoms with E-state index in [9.17, 15) is 0 Å². The fourth-order valence-electron chi connectivity index (χ4n) is 1.06. The van der Waals surface area contributed by atoms with Crippen molar-refractivity contribution in [3.63, 3.8) is 0 Å². The molecular weight excluding hydrogens is 154 g/mol. The summed E-state index contributed by atoms with van der Waals surface area (Å²) < 4.78 is 1.87. The summed E-state index contributed by atoms with van der Waals surface area (Å²) in [4.78, 5) is 0. The second-order valence-electron chi connectivity index (χ2n) is 2.71. The van der Waals surface area contributed by atoms with Gasteiger partial charge in [0.15, 0.2) is 5.82 Å². The van der Waals surface area contributed by atoms with Crippen LogP contribution in [0.3, 0.4) is 0 Å². The van der Waals surface area contributed by atoms with E-state index in [-0.39, 0.29) is 6.04 Å². The lowest BCUT2D eigenvalue weighted by Crippen LogP contribution is -2.14. The molecule has 0 unspecified atom stereocenters. The number of hydrogen-bond acceptors (Lipinski definition) is 4. The summed E-state index contributed by atoms with van der Waals surface area (Å²) in [6.07, 6.45) is 0.871. The maximum Gasteiger partial charge on any atom is 0.224 e. The number of nitrogens with zero attached hydrogens (tertiary/aromatic N) is 3. The lowest BCUT2D eigenvalue weighted by molar-refractivity contribution is 0.616. The molecule has 0 saturated heterocycles. The van der Waals surface area contributed by atoms with Gasteiger partial charge >= 0.3 is 0 Å². The molecule has 0 radical (unpaired) electrons. The topological polar surface area (TPSA) is 68.8 Å². The first-order chi connectivity index (χ1) is 5.70. The quantitative estimate of drug-likeness (QED) is 0.681. The van der Waals surface area contributed by atoms with Crippen LogP contribution < -0.4 is 11.1 Å². The number of anilines is 1. The third-order valence-electron chi connectivity index (χ3n) is 1.90. The van der Waals surface area contributed by atoms with Crippen molar-refractivity contribution >= 4 is 5.95 Å². The second kappa shape index (κ2) is 3.53. The summed E-state index contributed by atoms with van der Waals surface area (Å²) in [5, 5.41) is 10.8. The molecule has 1 aromatic rings. The molecule has 0 aliphatic carbocycles. The number of aromatic nitrogens is 3. The third-order valence-corrected chi connectivity index (χ3v) is 1.90. The van der Waals surface area contributed by atoms with E-state index in [2.05, 4.69) is 15.5 Å². The summed E-state index contributed by atoms with van der Waals surface area (Å²) in [6.45, 7) is 2.03. The maximum atomic E-state index is 5.81. The monoisotopic (exact) mass is 169 g/mol. The molecule has 1 heterocycles. The normalized spacial score (nSPS) is 13.0. The number of rotatable bonds is 3. The Balaban J connectivity index is 2.93. The molecule has 1 aromatic heterocycles. The van der Waals surface area contributed by atoms with Crippen molar-refractivity contribution < 1.29 is 0 Å². The average molecular weight is 169 g/mol. The highest BCUT2D eigenvalue weighted by Crippen LogP contribution is 2.12. The minimum Gasteiger partial charge on any atom is -0.357 e. The summed E-state index contributed by atoms with van der Waals surface area (Å²) in [5.41, 5.74) is 5.81. The Labute approximate surface area is 72.0 Å². The van der Waals surface area contributed by atoms with Crippen LogP contribution in [-0.2, 0) is 7.05 Å². The molecule has 0 aliphatic heterocycles. The maximum absolute atomic E-state index is 5.81. The number of nitrogens with one attached hydrogen (secondary N) is 1. The predicted octanol–water partition coefficient (Wildman–Crippen LogP) is 0.267. The van der Waals surface area contributed by atoms with Gasteiger partial charge in [0, 0.05) is 14.1 Å². The van der Waals surface area contributed by atoms with E-state index < -0.39 is 0 Å². The van der Waals surface area contributed by atoms with Gasteiger partial charge in [-0.3, -0.25) is 4.57 Å². The van der Waals surface area contributed by atoms with Crippen LogP contribution in [0, 0.1) is 0 Å². The lowest BCUT2D eigenvalue weighted by atomic mass is 10.2. The van der Waals surface area contributed by atoms with E-state index in [1.165, 1.54) is 0 Å². The first-order valence-corrected chi connectivity index (χ1v) is 4.03. The molecule has 5 nitrogen and oxygen atoms in total. The number of nitrogens with two attached hydrogens (primary N) is 1. The Morgan fingerprint density at radius 1 is 1.58 bits per heavy atom. The van der Waals surface area contributed by atoms with Gasteiger partial charge in [0.1, 0.15) is 0 Å². The molecule has 68 valence electrons. The Hall–Kier alpha value is -1.10. The molecular formula is C7H15N5. The van der Waals surface area contributed by atoms with Gasteiger partial charge < -0.3 is 11.1 Å². The van der Waals surface area contributed by atoms with Gasteiger partial charge in [-0.1, -0.05) is 6.92 Å². The Kier molecular flexibility index (Phi) is 2.65.